The van der Waals surface area contributed by atoms with Crippen LogP contribution in [0.2, 0.25) is 0 Å². The van der Waals surface area contributed by atoms with Crippen molar-refractivity contribution < 1.29 is 14.6 Å². The molecule has 0 bridgehead atoms. The number of ether oxygens (including phenoxy) is 2. The van der Waals surface area contributed by atoms with E-state index in [4.69, 9.17) is 9.47 Å². The number of aliphatic hydroxyl groups excluding tert-OH is 1. The number of aliphatic hydroxyl groups is 1. The lowest BCUT2D eigenvalue weighted by molar-refractivity contribution is 0.0747. The zero-order valence-corrected chi connectivity index (χ0v) is 18.7. The summed E-state index contributed by atoms with van der Waals surface area (Å²) in [6.45, 7) is 6.29. The van der Waals surface area contributed by atoms with Gasteiger partial charge in [0.05, 0.1) is 7.11 Å². The smallest absolute Gasteiger partial charge is 0.161 e. The normalized spacial score (nSPS) is 19.4. The molecule has 5 nitrogen and oxygen atoms in total. The minimum atomic E-state index is -0.478. The highest BCUT2D eigenvalue weighted by molar-refractivity contribution is 5.43. The minimum absolute atomic E-state index is 0.291. The van der Waals surface area contributed by atoms with Crippen molar-refractivity contribution in [3.05, 3.63) is 59.7 Å². The van der Waals surface area contributed by atoms with E-state index < -0.39 is 6.10 Å². The van der Waals surface area contributed by atoms with Crippen LogP contribution in [0.15, 0.2) is 48.5 Å². The van der Waals surface area contributed by atoms with E-state index >= 15 is 0 Å². The van der Waals surface area contributed by atoms with Crippen LogP contribution < -0.4 is 9.47 Å². The highest BCUT2D eigenvalue weighted by Gasteiger charge is 2.21. The predicted octanol–water partition coefficient (Wildman–Crippen LogP) is 3.91. The highest BCUT2D eigenvalue weighted by atomic mass is 16.5. The van der Waals surface area contributed by atoms with E-state index in [9.17, 15) is 5.11 Å². The third kappa shape index (κ3) is 6.22. The van der Waals surface area contributed by atoms with E-state index in [-0.39, 0.29) is 0 Å². The zero-order chi connectivity index (χ0) is 21.5. The van der Waals surface area contributed by atoms with Crippen LogP contribution in [-0.4, -0.2) is 67.5 Å². The Morgan fingerprint density at radius 1 is 0.935 bits per heavy atom. The fourth-order valence-electron chi connectivity index (χ4n) is 4.84. The van der Waals surface area contributed by atoms with E-state index in [2.05, 4.69) is 52.3 Å². The first-order chi connectivity index (χ1) is 15.2. The highest BCUT2D eigenvalue weighted by Crippen LogP contribution is 2.31. The number of nitrogens with zero attached hydrogens (tertiary/aromatic N) is 2. The lowest BCUT2D eigenvalue weighted by Gasteiger charge is -2.32. The molecule has 2 heterocycles. The van der Waals surface area contributed by atoms with Crippen molar-refractivity contribution in [2.45, 2.75) is 44.2 Å². The molecular weight excluding hydrogens is 388 g/mol. The number of benzene rings is 2. The maximum absolute atomic E-state index is 10.3. The molecule has 1 N–H and O–H groups in total. The largest absolute Gasteiger partial charge is 0.493 e. The summed E-state index contributed by atoms with van der Waals surface area (Å²) in [6.07, 6.45) is 4.39. The van der Waals surface area contributed by atoms with E-state index in [0.717, 1.165) is 38.5 Å². The van der Waals surface area contributed by atoms with Crippen molar-refractivity contribution in [2.75, 3.05) is 46.4 Å². The Hall–Kier alpha value is -2.08. The molecule has 0 spiro atoms. The van der Waals surface area contributed by atoms with Crippen molar-refractivity contribution >= 4 is 0 Å². The maximum atomic E-state index is 10.3. The quantitative estimate of drug-likeness (QED) is 0.661. The van der Waals surface area contributed by atoms with Crippen molar-refractivity contribution in [1.29, 1.82) is 0 Å². The molecule has 1 unspecified atom stereocenters. The Morgan fingerprint density at radius 2 is 1.68 bits per heavy atom. The van der Waals surface area contributed by atoms with Gasteiger partial charge in [0.1, 0.15) is 12.7 Å². The van der Waals surface area contributed by atoms with E-state index in [0.29, 0.717) is 24.8 Å². The molecule has 0 amide bonds. The molecule has 0 aromatic heterocycles. The SMILES string of the molecule is COc1cc(CN2CCC(c3ccccc3)CC2)ccc1OCC(O)CN1CCCC1. The van der Waals surface area contributed by atoms with Crippen LogP contribution in [0.1, 0.15) is 42.7 Å². The van der Waals surface area contributed by atoms with Gasteiger partial charge < -0.3 is 19.5 Å². The summed E-state index contributed by atoms with van der Waals surface area (Å²) in [5.41, 5.74) is 2.71. The van der Waals surface area contributed by atoms with Crippen LogP contribution in [0.25, 0.3) is 0 Å². The molecule has 2 saturated heterocycles. The summed E-state index contributed by atoms with van der Waals surface area (Å²) in [7, 11) is 1.68. The standard InChI is InChI=1S/C26H36N2O3/c1-30-26-17-21(9-10-25(26)31-20-24(29)19-27-13-5-6-14-27)18-28-15-11-23(12-16-28)22-7-3-2-4-8-22/h2-4,7-10,17,23-24,29H,5-6,11-16,18-20H2,1H3. The van der Waals surface area contributed by atoms with Gasteiger partial charge in [-0.1, -0.05) is 36.4 Å². The second-order valence-corrected chi connectivity index (χ2v) is 8.92. The third-order valence-corrected chi connectivity index (χ3v) is 6.59. The van der Waals surface area contributed by atoms with Crippen molar-refractivity contribution in [1.82, 2.24) is 9.80 Å². The number of hydrogen-bond donors (Lipinski definition) is 1. The van der Waals surface area contributed by atoms with Gasteiger partial charge in [0.25, 0.3) is 0 Å². The minimum Gasteiger partial charge on any atom is -0.493 e. The number of methoxy groups -OCH3 is 1. The molecule has 0 aliphatic carbocycles. The lowest BCUT2D eigenvalue weighted by atomic mass is 9.89. The second-order valence-electron chi connectivity index (χ2n) is 8.92. The molecule has 4 rings (SSSR count). The molecule has 2 aliphatic heterocycles. The van der Waals surface area contributed by atoms with Crippen LogP contribution in [0.3, 0.4) is 0 Å². The molecule has 0 saturated carbocycles. The van der Waals surface area contributed by atoms with Gasteiger partial charge in [-0.25, -0.2) is 0 Å². The summed E-state index contributed by atoms with van der Waals surface area (Å²) in [5.74, 6) is 2.12. The Morgan fingerprint density at radius 3 is 2.39 bits per heavy atom. The summed E-state index contributed by atoms with van der Waals surface area (Å²) >= 11 is 0. The summed E-state index contributed by atoms with van der Waals surface area (Å²) in [4.78, 5) is 4.82. The average Bonchev–Trinajstić information content (AvgIpc) is 3.32. The van der Waals surface area contributed by atoms with Crippen molar-refractivity contribution in [3.8, 4) is 11.5 Å². The van der Waals surface area contributed by atoms with Crippen molar-refractivity contribution in [2.24, 2.45) is 0 Å². The van der Waals surface area contributed by atoms with Crippen LogP contribution in [0.4, 0.5) is 0 Å². The van der Waals surface area contributed by atoms with E-state index in [1.165, 1.54) is 36.8 Å². The first-order valence-electron chi connectivity index (χ1n) is 11.7. The number of piperidine rings is 1. The molecule has 2 aromatic rings. The van der Waals surface area contributed by atoms with Crippen LogP contribution in [0.5, 0.6) is 11.5 Å². The van der Waals surface area contributed by atoms with Gasteiger partial charge >= 0.3 is 0 Å². The summed E-state index contributed by atoms with van der Waals surface area (Å²) in [5, 5.41) is 10.3. The number of β-amino-alcohol motifs (C(OH)–C–C–N with tert-alkyl or cyclic N) is 1. The fourth-order valence-corrected chi connectivity index (χ4v) is 4.84. The Labute approximate surface area is 186 Å². The predicted molar refractivity (Wildman–Crippen MR) is 124 cm³/mol. The van der Waals surface area contributed by atoms with E-state index in [1.807, 2.05) is 6.07 Å². The summed E-state index contributed by atoms with van der Waals surface area (Å²) in [6, 6.07) is 17.1. The first-order valence-corrected chi connectivity index (χ1v) is 11.7. The van der Waals surface area contributed by atoms with Crippen molar-refractivity contribution in [3.63, 3.8) is 0 Å². The Kier molecular flexibility index (Phi) is 7.84. The average molecular weight is 425 g/mol. The Bertz CT molecular complexity index is 800. The molecule has 5 heteroatoms. The maximum Gasteiger partial charge on any atom is 0.161 e. The van der Waals surface area contributed by atoms with E-state index in [1.54, 1.807) is 7.11 Å². The van der Waals surface area contributed by atoms with Gasteiger partial charge in [0.15, 0.2) is 11.5 Å². The van der Waals surface area contributed by atoms with Gasteiger partial charge in [-0.15, -0.1) is 0 Å². The van der Waals surface area contributed by atoms with Crippen LogP contribution in [0, 0.1) is 0 Å². The number of likely N-dealkylation sites (tertiary alicyclic amines) is 2. The Balaban J connectivity index is 1.27. The molecule has 2 aromatic carbocycles. The molecule has 2 aliphatic rings. The van der Waals surface area contributed by atoms with Crippen LogP contribution >= 0.6 is 0 Å². The fraction of sp³-hybridized carbons (Fsp3) is 0.538. The zero-order valence-electron chi connectivity index (χ0n) is 18.7. The first kappa shape index (κ1) is 22.1. The molecular formula is C26H36N2O3. The molecule has 2 fully saturated rings. The second kappa shape index (κ2) is 11.0. The molecule has 168 valence electrons. The van der Waals surface area contributed by atoms with Gasteiger partial charge in [-0.05, 0) is 81.0 Å². The number of hydrogen-bond acceptors (Lipinski definition) is 5. The molecule has 1 atom stereocenters. The van der Waals surface area contributed by atoms with Gasteiger partial charge in [0, 0.05) is 13.1 Å². The third-order valence-electron chi connectivity index (χ3n) is 6.59. The summed E-state index contributed by atoms with van der Waals surface area (Å²) < 4.78 is 11.5. The number of rotatable bonds is 9. The topological polar surface area (TPSA) is 45.2 Å². The van der Waals surface area contributed by atoms with Gasteiger partial charge in [-0.3, -0.25) is 4.90 Å². The monoisotopic (exact) mass is 424 g/mol. The van der Waals surface area contributed by atoms with Gasteiger partial charge in [0.2, 0.25) is 0 Å². The lowest BCUT2D eigenvalue weighted by Crippen LogP contribution is -2.33. The van der Waals surface area contributed by atoms with Gasteiger partial charge in [-0.2, -0.15) is 0 Å². The van der Waals surface area contributed by atoms with Crippen LogP contribution in [-0.2, 0) is 6.54 Å². The molecule has 0 radical (unpaired) electrons. The molecule has 31 heavy (non-hydrogen) atoms.